The standard InChI is InChI=1S/C12H25N5O5/c1-6(18)9(17-10(19)7(15)2-4-13)11(20)16-8(3-5-14)12(21)22/h6-9,18H,2-5,13-15H2,1H3,(H,16,20)(H,17,19)(H,21,22)/t6-,7+,8-,9+/m1/s1. The topological polar surface area (TPSA) is 194 Å². The normalized spacial score (nSPS) is 16.2. The number of rotatable bonds is 10. The zero-order valence-corrected chi connectivity index (χ0v) is 12.5. The fourth-order valence-corrected chi connectivity index (χ4v) is 1.66. The van der Waals surface area contributed by atoms with Gasteiger partial charge in [0.15, 0.2) is 0 Å². The average molecular weight is 319 g/mol. The van der Waals surface area contributed by atoms with Crippen LogP contribution < -0.4 is 27.8 Å². The number of aliphatic hydroxyl groups excluding tert-OH is 1. The highest BCUT2D eigenvalue weighted by Crippen LogP contribution is 1.99. The Morgan fingerprint density at radius 2 is 1.59 bits per heavy atom. The van der Waals surface area contributed by atoms with Gasteiger partial charge in [-0.05, 0) is 32.9 Å². The maximum Gasteiger partial charge on any atom is 0.326 e. The van der Waals surface area contributed by atoms with Crippen LogP contribution in [-0.4, -0.2) is 65.3 Å². The Morgan fingerprint density at radius 3 is 2.00 bits per heavy atom. The number of carboxylic acids is 1. The van der Waals surface area contributed by atoms with Crippen molar-refractivity contribution in [3.8, 4) is 0 Å². The highest BCUT2D eigenvalue weighted by Gasteiger charge is 2.30. The third-order valence-electron chi connectivity index (χ3n) is 2.95. The molecule has 4 atom stereocenters. The molecule has 0 rings (SSSR count). The van der Waals surface area contributed by atoms with Crippen LogP contribution in [-0.2, 0) is 14.4 Å². The Kier molecular flexibility index (Phi) is 9.26. The van der Waals surface area contributed by atoms with E-state index in [-0.39, 0.29) is 25.9 Å². The number of amides is 2. The van der Waals surface area contributed by atoms with Gasteiger partial charge in [-0.3, -0.25) is 9.59 Å². The van der Waals surface area contributed by atoms with Gasteiger partial charge in [0.2, 0.25) is 11.8 Å². The van der Waals surface area contributed by atoms with Crippen LogP contribution in [0.4, 0.5) is 0 Å². The van der Waals surface area contributed by atoms with E-state index >= 15 is 0 Å². The summed E-state index contributed by atoms with van der Waals surface area (Å²) < 4.78 is 0. The second-order valence-corrected chi connectivity index (χ2v) is 4.89. The van der Waals surface area contributed by atoms with Crippen LogP contribution in [0.2, 0.25) is 0 Å². The van der Waals surface area contributed by atoms with Crippen molar-refractivity contribution in [1.82, 2.24) is 10.6 Å². The third-order valence-corrected chi connectivity index (χ3v) is 2.95. The number of carbonyl (C=O) groups is 3. The van der Waals surface area contributed by atoms with Gasteiger partial charge in [-0.1, -0.05) is 0 Å². The van der Waals surface area contributed by atoms with Crippen LogP contribution >= 0.6 is 0 Å². The Morgan fingerprint density at radius 1 is 1.05 bits per heavy atom. The average Bonchev–Trinajstić information content (AvgIpc) is 2.43. The van der Waals surface area contributed by atoms with E-state index in [9.17, 15) is 19.5 Å². The first-order chi connectivity index (χ1) is 10.2. The summed E-state index contributed by atoms with van der Waals surface area (Å²) in [5.41, 5.74) is 16.1. The molecule has 2 amide bonds. The smallest absolute Gasteiger partial charge is 0.326 e. The van der Waals surface area contributed by atoms with E-state index in [1.807, 2.05) is 0 Å². The zero-order valence-electron chi connectivity index (χ0n) is 12.5. The van der Waals surface area contributed by atoms with Crippen molar-refractivity contribution in [2.75, 3.05) is 13.1 Å². The van der Waals surface area contributed by atoms with Crippen molar-refractivity contribution < 1.29 is 24.6 Å². The molecule has 0 unspecified atom stereocenters. The van der Waals surface area contributed by atoms with E-state index < -0.39 is 42.0 Å². The second-order valence-electron chi connectivity index (χ2n) is 4.89. The summed E-state index contributed by atoms with van der Waals surface area (Å²) in [6.07, 6.45) is -1.000. The summed E-state index contributed by atoms with van der Waals surface area (Å²) in [4.78, 5) is 34.8. The molecule has 0 aromatic rings. The van der Waals surface area contributed by atoms with Gasteiger partial charge in [-0.2, -0.15) is 0 Å². The molecule has 10 N–H and O–H groups in total. The third kappa shape index (κ3) is 6.80. The lowest BCUT2D eigenvalue weighted by Crippen LogP contribution is -2.58. The Balaban J connectivity index is 4.83. The molecule has 0 spiro atoms. The van der Waals surface area contributed by atoms with E-state index in [1.54, 1.807) is 0 Å². The van der Waals surface area contributed by atoms with E-state index in [2.05, 4.69) is 10.6 Å². The lowest BCUT2D eigenvalue weighted by atomic mass is 10.1. The largest absolute Gasteiger partial charge is 0.480 e. The highest BCUT2D eigenvalue weighted by atomic mass is 16.4. The summed E-state index contributed by atoms with van der Waals surface area (Å²) in [6, 6.07) is -3.44. The van der Waals surface area contributed by atoms with Crippen molar-refractivity contribution in [2.45, 2.75) is 44.0 Å². The maximum absolute atomic E-state index is 12.0. The van der Waals surface area contributed by atoms with Gasteiger partial charge in [0.05, 0.1) is 12.1 Å². The van der Waals surface area contributed by atoms with E-state index in [4.69, 9.17) is 22.3 Å². The first-order valence-corrected chi connectivity index (χ1v) is 6.91. The first kappa shape index (κ1) is 20.2. The van der Waals surface area contributed by atoms with Crippen LogP contribution in [0.3, 0.4) is 0 Å². The van der Waals surface area contributed by atoms with E-state index in [1.165, 1.54) is 6.92 Å². The summed E-state index contributed by atoms with van der Waals surface area (Å²) in [5.74, 6) is -2.74. The molecule has 0 bridgehead atoms. The fourth-order valence-electron chi connectivity index (χ4n) is 1.66. The minimum atomic E-state index is -1.32. The Bertz CT molecular complexity index is 390. The van der Waals surface area contributed by atoms with Crippen LogP contribution in [0, 0.1) is 0 Å². The molecule has 22 heavy (non-hydrogen) atoms. The van der Waals surface area contributed by atoms with Crippen molar-refractivity contribution in [2.24, 2.45) is 17.2 Å². The van der Waals surface area contributed by atoms with Crippen LogP contribution in [0.15, 0.2) is 0 Å². The Hall–Kier alpha value is -1.75. The number of aliphatic carboxylic acids is 1. The number of nitrogens with two attached hydrogens (primary N) is 3. The first-order valence-electron chi connectivity index (χ1n) is 6.91. The minimum Gasteiger partial charge on any atom is -0.480 e. The molecule has 128 valence electrons. The molecule has 10 nitrogen and oxygen atoms in total. The van der Waals surface area contributed by atoms with Gasteiger partial charge in [-0.15, -0.1) is 0 Å². The van der Waals surface area contributed by atoms with Gasteiger partial charge < -0.3 is 38.0 Å². The number of carboxylic acid groups (broad SMARTS) is 1. The molecule has 0 aliphatic carbocycles. The van der Waals surface area contributed by atoms with Crippen molar-refractivity contribution in [1.29, 1.82) is 0 Å². The van der Waals surface area contributed by atoms with Gasteiger partial charge in [-0.25, -0.2) is 4.79 Å². The molecule has 0 aromatic carbocycles. The quantitative estimate of drug-likeness (QED) is 0.215. The number of carbonyl (C=O) groups excluding carboxylic acids is 2. The monoisotopic (exact) mass is 319 g/mol. The molecule has 0 aliphatic rings. The predicted molar refractivity (Wildman–Crippen MR) is 78.5 cm³/mol. The number of hydrogen-bond donors (Lipinski definition) is 7. The lowest BCUT2D eigenvalue weighted by molar-refractivity contribution is -0.143. The van der Waals surface area contributed by atoms with Gasteiger partial charge in [0.1, 0.15) is 12.1 Å². The molecule has 0 aliphatic heterocycles. The van der Waals surface area contributed by atoms with Crippen molar-refractivity contribution >= 4 is 17.8 Å². The summed E-state index contributed by atoms with van der Waals surface area (Å²) in [6.45, 7) is 1.54. The van der Waals surface area contributed by atoms with Crippen LogP contribution in [0.25, 0.3) is 0 Å². The maximum atomic E-state index is 12.0. The molecule has 0 fully saturated rings. The van der Waals surface area contributed by atoms with Crippen molar-refractivity contribution in [3.63, 3.8) is 0 Å². The van der Waals surface area contributed by atoms with E-state index in [0.29, 0.717) is 0 Å². The highest BCUT2D eigenvalue weighted by molar-refractivity contribution is 5.92. The summed E-state index contributed by atoms with van der Waals surface area (Å²) in [5, 5.41) is 23.1. The van der Waals surface area contributed by atoms with Crippen LogP contribution in [0.5, 0.6) is 0 Å². The fraction of sp³-hybridized carbons (Fsp3) is 0.750. The Labute approximate surface area is 128 Å². The predicted octanol–water partition coefficient (Wildman–Crippen LogP) is -3.55. The molecule has 10 heteroatoms. The van der Waals surface area contributed by atoms with Crippen LogP contribution in [0.1, 0.15) is 19.8 Å². The molecular formula is C12H25N5O5. The van der Waals surface area contributed by atoms with Gasteiger partial charge in [0, 0.05) is 0 Å². The molecule has 0 heterocycles. The lowest BCUT2D eigenvalue weighted by Gasteiger charge is -2.24. The number of nitrogens with one attached hydrogen (secondary N) is 2. The number of aliphatic hydroxyl groups is 1. The second kappa shape index (κ2) is 10.1. The molecular weight excluding hydrogens is 294 g/mol. The molecule has 0 aromatic heterocycles. The molecule has 0 saturated carbocycles. The zero-order chi connectivity index (χ0) is 17.3. The summed E-state index contributed by atoms with van der Waals surface area (Å²) in [7, 11) is 0. The summed E-state index contributed by atoms with van der Waals surface area (Å²) >= 11 is 0. The minimum absolute atomic E-state index is 0.0221. The number of hydrogen-bond acceptors (Lipinski definition) is 7. The van der Waals surface area contributed by atoms with Gasteiger partial charge >= 0.3 is 5.97 Å². The van der Waals surface area contributed by atoms with Crippen molar-refractivity contribution in [3.05, 3.63) is 0 Å². The SMILES string of the molecule is C[C@@H](O)[C@H](NC(=O)[C@@H](N)CCN)C(=O)N[C@H](CCN)C(=O)O. The molecule has 0 radical (unpaired) electrons. The molecule has 0 saturated heterocycles. The van der Waals surface area contributed by atoms with E-state index in [0.717, 1.165) is 0 Å². The van der Waals surface area contributed by atoms with Gasteiger partial charge in [0.25, 0.3) is 0 Å².